The first-order valence-corrected chi connectivity index (χ1v) is 18.6. The van der Waals surface area contributed by atoms with E-state index in [2.05, 4.69) is 72.5 Å². The number of hydrogen-bond donors (Lipinski definition) is 3. The smallest absolute Gasteiger partial charge is 0.432 e. The lowest BCUT2D eigenvalue weighted by atomic mass is 9.95. The first-order valence-electron chi connectivity index (χ1n) is 18.6. The largest absolute Gasteiger partial charge is 0.453 e. The molecule has 4 heterocycles. The molecule has 2 aromatic heterocycles. The van der Waals surface area contributed by atoms with Gasteiger partial charge in [0.15, 0.2) is 0 Å². The lowest BCUT2D eigenvalue weighted by Crippen LogP contribution is -2.51. The van der Waals surface area contributed by atoms with Crippen LogP contribution in [-0.4, -0.2) is 93.3 Å². The monoisotopic (exact) mass is 750 g/mol. The van der Waals surface area contributed by atoms with E-state index in [-0.39, 0.29) is 47.6 Å². The van der Waals surface area contributed by atoms with Gasteiger partial charge in [0, 0.05) is 30.4 Å². The van der Waals surface area contributed by atoms with Crippen molar-refractivity contribution in [3.8, 4) is 23.7 Å². The second-order valence-corrected chi connectivity index (χ2v) is 15.0. The lowest BCUT2D eigenvalue weighted by molar-refractivity contribution is -0.136. The third-order valence-corrected chi connectivity index (χ3v) is 9.89. The molecule has 2 saturated heterocycles. The van der Waals surface area contributed by atoms with Gasteiger partial charge in [0.1, 0.15) is 29.1 Å². The summed E-state index contributed by atoms with van der Waals surface area (Å²) in [4.78, 5) is 73.9. The van der Waals surface area contributed by atoms with Crippen LogP contribution < -0.4 is 5.32 Å². The van der Waals surface area contributed by atoms with E-state index in [1.165, 1.54) is 20.4 Å². The Morgan fingerprint density at radius 1 is 0.782 bits per heavy atom. The van der Waals surface area contributed by atoms with E-state index in [1.807, 2.05) is 56.9 Å². The third kappa shape index (κ3) is 10.0. The van der Waals surface area contributed by atoms with E-state index in [4.69, 9.17) is 4.74 Å². The van der Waals surface area contributed by atoms with Crippen LogP contribution in [0.4, 0.5) is 9.59 Å². The Hall–Kier alpha value is -5.89. The minimum atomic E-state index is -0.739. The molecule has 6 atom stereocenters. The zero-order chi connectivity index (χ0) is 39.8. The minimum absolute atomic E-state index is 0.0651. The quantitative estimate of drug-likeness (QED) is 0.207. The Morgan fingerprint density at radius 2 is 1.27 bits per heavy atom. The number of alkyl carbamates (subject to hydrolysis) is 1. The van der Waals surface area contributed by atoms with Crippen molar-refractivity contribution >= 4 is 30.2 Å². The molecule has 0 aliphatic carbocycles. The van der Waals surface area contributed by atoms with Gasteiger partial charge < -0.3 is 34.6 Å². The Bertz CT molecular complexity index is 2010. The number of aliphatic imine (C=N–C) groups is 1. The molecular formula is C41H50N8O6. The topological polar surface area (TPSA) is 175 Å². The minimum Gasteiger partial charge on any atom is -0.453 e. The highest BCUT2D eigenvalue weighted by Gasteiger charge is 2.41. The van der Waals surface area contributed by atoms with E-state index in [9.17, 15) is 19.2 Å². The summed E-state index contributed by atoms with van der Waals surface area (Å²) >= 11 is 0. The molecule has 2 aliphatic rings. The molecule has 5 rings (SSSR count). The summed E-state index contributed by atoms with van der Waals surface area (Å²) in [6.07, 6.45) is 4.84. The van der Waals surface area contributed by atoms with Gasteiger partial charge in [0.2, 0.25) is 11.8 Å². The number of hydrogen-bond acceptors (Lipinski definition) is 8. The SMILES string of the molecule is COC(=O)/N=C/C(C(=O)N1C[C@@H](C)C[C@H]1c1ncc(C#Cc2ccc(C#Cc3cnc([C@@H]4C[C@H](C)CN4C(=O)C(NC(=O)OC)C(C)C)[nH]3)cc2)[nH]1)C(C)C. The Balaban J connectivity index is 1.23. The Morgan fingerprint density at radius 3 is 1.71 bits per heavy atom. The molecule has 3 N–H and O–H groups in total. The van der Waals surface area contributed by atoms with Crippen molar-refractivity contribution in [2.75, 3.05) is 27.3 Å². The molecule has 2 aliphatic heterocycles. The molecule has 3 aromatic rings. The third-order valence-electron chi connectivity index (χ3n) is 9.89. The van der Waals surface area contributed by atoms with Crippen LogP contribution in [0.15, 0.2) is 41.7 Å². The lowest BCUT2D eigenvalue weighted by Gasteiger charge is -2.30. The molecule has 4 amide bonds. The van der Waals surface area contributed by atoms with Gasteiger partial charge in [0.25, 0.3) is 0 Å². The number of carbonyl (C=O) groups excluding carboxylic acids is 4. The van der Waals surface area contributed by atoms with E-state index >= 15 is 0 Å². The average molecular weight is 751 g/mol. The summed E-state index contributed by atoms with van der Waals surface area (Å²) in [5.74, 6) is 13.4. The number of methoxy groups -OCH3 is 2. The molecule has 0 bridgehead atoms. The second-order valence-electron chi connectivity index (χ2n) is 15.0. The van der Waals surface area contributed by atoms with Gasteiger partial charge in [-0.2, -0.15) is 4.99 Å². The Labute approximate surface area is 322 Å². The molecule has 2 unspecified atom stereocenters. The van der Waals surface area contributed by atoms with E-state index in [0.717, 1.165) is 24.0 Å². The summed E-state index contributed by atoms with van der Waals surface area (Å²) < 4.78 is 9.36. The van der Waals surface area contributed by atoms with Crippen LogP contribution in [0.5, 0.6) is 0 Å². The van der Waals surface area contributed by atoms with Crippen molar-refractivity contribution in [3.63, 3.8) is 0 Å². The number of likely N-dealkylation sites (tertiary alicyclic amines) is 2. The van der Waals surface area contributed by atoms with Crippen molar-refractivity contribution in [1.82, 2.24) is 35.1 Å². The van der Waals surface area contributed by atoms with Crippen LogP contribution in [0.2, 0.25) is 0 Å². The average Bonchev–Trinajstić information content (AvgIpc) is 3.98. The number of nitrogens with one attached hydrogen (secondary N) is 3. The Kier molecular flexibility index (Phi) is 13.2. The first-order chi connectivity index (χ1) is 26.3. The zero-order valence-corrected chi connectivity index (χ0v) is 32.7. The van der Waals surface area contributed by atoms with E-state index < -0.39 is 24.1 Å². The maximum Gasteiger partial charge on any atom is 0.432 e. The highest BCUT2D eigenvalue weighted by molar-refractivity contribution is 5.97. The summed E-state index contributed by atoms with van der Waals surface area (Å²) in [6.45, 7) is 12.9. The van der Waals surface area contributed by atoms with Gasteiger partial charge in [-0.3, -0.25) is 9.59 Å². The van der Waals surface area contributed by atoms with Crippen molar-refractivity contribution in [1.29, 1.82) is 0 Å². The molecule has 0 radical (unpaired) electrons. The van der Waals surface area contributed by atoms with E-state index in [1.54, 1.807) is 17.3 Å². The number of carbonyl (C=O) groups is 4. The van der Waals surface area contributed by atoms with Gasteiger partial charge in [-0.05, 0) is 72.6 Å². The van der Waals surface area contributed by atoms with Gasteiger partial charge in [0.05, 0.1) is 44.6 Å². The number of amides is 4. The molecule has 14 nitrogen and oxygen atoms in total. The van der Waals surface area contributed by atoms with Gasteiger partial charge in [-0.25, -0.2) is 19.6 Å². The number of aromatic amines is 2. The molecule has 0 spiro atoms. The van der Waals surface area contributed by atoms with Crippen LogP contribution in [0, 0.1) is 53.3 Å². The van der Waals surface area contributed by atoms with Gasteiger partial charge in [-0.15, -0.1) is 0 Å². The van der Waals surface area contributed by atoms with Crippen molar-refractivity contribution in [3.05, 3.63) is 70.8 Å². The second kappa shape index (κ2) is 18.0. The van der Waals surface area contributed by atoms with Gasteiger partial charge >= 0.3 is 12.2 Å². The molecule has 2 fully saturated rings. The normalized spacial score (nSPS) is 20.5. The summed E-state index contributed by atoms with van der Waals surface area (Å²) in [6, 6.07) is 6.35. The standard InChI is InChI=1S/C41H50N8O6/c1-24(2)32(21-44-40(52)54-7)38(50)48-22-26(5)17-33(48)36-42-19-30(45-36)15-13-28-9-11-29(12-10-28)14-16-31-20-43-37(46-31)34-18-27(6)23-49(34)39(51)35(25(3)4)47-41(53)55-8/h9-12,19-21,24-27,32-35H,17-18,22-23H2,1-8H3,(H,42,45)(H,43,46)(H,47,53)/b44-21+/t26-,27-,32?,33-,34-,35?/m0/s1. The predicted molar refractivity (Wildman–Crippen MR) is 205 cm³/mol. The molecule has 55 heavy (non-hydrogen) atoms. The van der Waals surface area contributed by atoms with Crippen LogP contribution >= 0.6 is 0 Å². The predicted octanol–water partition coefficient (Wildman–Crippen LogP) is 5.24. The van der Waals surface area contributed by atoms with Crippen molar-refractivity contribution in [2.24, 2.45) is 34.6 Å². The fraction of sp³-hybridized carbons (Fsp3) is 0.488. The molecular weight excluding hydrogens is 701 g/mol. The van der Waals surface area contributed by atoms with Crippen LogP contribution in [-0.2, 0) is 19.1 Å². The summed E-state index contributed by atoms with van der Waals surface area (Å²) in [7, 11) is 2.53. The molecule has 1 aromatic carbocycles. The summed E-state index contributed by atoms with van der Waals surface area (Å²) in [5, 5.41) is 2.68. The zero-order valence-electron chi connectivity index (χ0n) is 32.7. The number of benzene rings is 1. The number of rotatable bonds is 8. The molecule has 14 heteroatoms. The van der Waals surface area contributed by atoms with Crippen molar-refractivity contribution < 1.29 is 28.7 Å². The number of aromatic nitrogens is 4. The number of nitrogens with zero attached hydrogens (tertiary/aromatic N) is 5. The maximum absolute atomic E-state index is 13.6. The van der Waals surface area contributed by atoms with Crippen LogP contribution in [0.3, 0.4) is 0 Å². The first kappa shape index (κ1) is 40.3. The fourth-order valence-corrected chi connectivity index (χ4v) is 6.94. The molecule has 0 saturated carbocycles. The molecule has 290 valence electrons. The number of H-pyrrole nitrogens is 2. The maximum atomic E-state index is 13.6. The fourth-order valence-electron chi connectivity index (χ4n) is 6.94. The highest BCUT2D eigenvalue weighted by atomic mass is 16.5. The van der Waals surface area contributed by atoms with Crippen molar-refractivity contribution in [2.45, 2.75) is 72.5 Å². The van der Waals surface area contributed by atoms with Gasteiger partial charge in [-0.1, -0.05) is 53.4 Å². The highest BCUT2D eigenvalue weighted by Crippen LogP contribution is 2.36. The van der Waals surface area contributed by atoms with Crippen LogP contribution in [0.1, 0.15) is 101 Å². The number of ether oxygens (including phenoxy) is 2. The summed E-state index contributed by atoms with van der Waals surface area (Å²) in [5.41, 5.74) is 2.84. The van der Waals surface area contributed by atoms with E-state index in [0.29, 0.717) is 36.1 Å². The van der Waals surface area contributed by atoms with Crippen LogP contribution in [0.25, 0.3) is 0 Å². The number of imidazole rings is 2.